The van der Waals surface area contributed by atoms with Gasteiger partial charge in [-0.3, -0.25) is 9.59 Å². The minimum absolute atomic E-state index is 0.0486. The Balaban J connectivity index is 1.52. The largest absolute Gasteiger partial charge is 0.508 e. The summed E-state index contributed by atoms with van der Waals surface area (Å²) in [6.07, 6.45) is 1.49. The molecular formula is C35H38FN5O4. The highest BCUT2D eigenvalue weighted by Gasteiger charge is 2.51. The smallest absolute Gasteiger partial charge is 0.334 e. The van der Waals surface area contributed by atoms with Crippen LogP contribution in [-0.4, -0.2) is 74.6 Å². The lowest BCUT2D eigenvalue weighted by atomic mass is 9.97. The number of phenols is 1. The quantitative estimate of drug-likeness (QED) is 0.325. The second-order valence-electron chi connectivity index (χ2n) is 11.5. The fourth-order valence-corrected chi connectivity index (χ4v) is 5.86. The minimum Gasteiger partial charge on any atom is -0.508 e. The maximum atomic E-state index is 14.2. The first-order valence-electron chi connectivity index (χ1n) is 14.9. The molecule has 10 heteroatoms. The molecule has 234 valence electrons. The number of hydrazine groups is 1. The van der Waals surface area contributed by atoms with Gasteiger partial charge in [0.25, 0.3) is 0 Å². The van der Waals surface area contributed by atoms with Crippen LogP contribution in [0.25, 0.3) is 6.08 Å². The van der Waals surface area contributed by atoms with Gasteiger partial charge in [-0.05, 0) is 59.9 Å². The fourth-order valence-electron chi connectivity index (χ4n) is 5.86. The van der Waals surface area contributed by atoms with Crippen molar-refractivity contribution in [3.05, 3.63) is 120 Å². The second kappa shape index (κ2) is 13.8. The van der Waals surface area contributed by atoms with Gasteiger partial charge in [0.1, 0.15) is 23.8 Å². The van der Waals surface area contributed by atoms with E-state index in [1.54, 1.807) is 39.2 Å². The number of benzene rings is 3. The van der Waals surface area contributed by atoms with Crippen molar-refractivity contribution in [2.24, 2.45) is 0 Å². The van der Waals surface area contributed by atoms with E-state index in [9.17, 15) is 23.9 Å². The van der Waals surface area contributed by atoms with Crippen LogP contribution in [0, 0.1) is 5.82 Å². The molecule has 45 heavy (non-hydrogen) atoms. The molecule has 2 aliphatic rings. The fraction of sp³-hybridized carbons (Fsp3) is 0.286. The van der Waals surface area contributed by atoms with Gasteiger partial charge in [-0.2, -0.15) is 0 Å². The second-order valence-corrected chi connectivity index (χ2v) is 11.5. The first-order valence-corrected chi connectivity index (χ1v) is 14.9. The molecule has 4 amide bonds. The van der Waals surface area contributed by atoms with Crippen LogP contribution in [0.4, 0.5) is 9.18 Å². The molecule has 2 N–H and O–H groups in total. The summed E-state index contributed by atoms with van der Waals surface area (Å²) in [5.74, 6) is -0.876. The van der Waals surface area contributed by atoms with Crippen LogP contribution in [-0.2, 0) is 29.1 Å². The summed E-state index contributed by atoms with van der Waals surface area (Å²) in [4.78, 5) is 45.2. The molecule has 9 nitrogen and oxygen atoms in total. The number of rotatable bonds is 10. The van der Waals surface area contributed by atoms with E-state index in [-0.39, 0.29) is 50.2 Å². The Morgan fingerprint density at radius 2 is 1.80 bits per heavy atom. The molecule has 0 unspecified atom stereocenters. The Kier molecular flexibility index (Phi) is 9.63. The van der Waals surface area contributed by atoms with Crippen LogP contribution < -0.4 is 5.32 Å². The van der Waals surface area contributed by atoms with Crippen molar-refractivity contribution in [3.63, 3.8) is 0 Å². The molecule has 0 radical (unpaired) electrons. The number of urea groups is 1. The average molecular weight is 612 g/mol. The molecule has 2 aliphatic heterocycles. The standard InChI is InChI=1S/C35H38FN5O4/c1-4-27-19-29(36)13-12-28(27)21-38-22-32-40(31(34(38)44)18-25-10-14-30(42)15-11-25)33(43)23-39(17-16-24(2)3)41(32)35(45)37-20-26-8-6-5-7-9-26/h4-15,19,31-32,42H,1-2,16-18,20-23H2,3H3,(H,37,45)/t31-,32-/m0/s1. The van der Waals surface area contributed by atoms with Crippen LogP contribution in [0.1, 0.15) is 35.6 Å². The number of nitrogens with one attached hydrogen (secondary N) is 1. The maximum absolute atomic E-state index is 14.2. The molecule has 5 rings (SSSR count). The van der Waals surface area contributed by atoms with Crippen molar-refractivity contribution in [1.29, 1.82) is 0 Å². The van der Waals surface area contributed by atoms with Gasteiger partial charge >= 0.3 is 6.03 Å². The number of hydrogen-bond donors (Lipinski definition) is 2. The van der Waals surface area contributed by atoms with Crippen molar-refractivity contribution in [1.82, 2.24) is 25.1 Å². The van der Waals surface area contributed by atoms with E-state index in [1.165, 1.54) is 29.2 Å². The van der Waals surface area contributed by atoms with Crippen LogP contribution in [0.15, 0.2) is 91.5 Å². The molecule has 3 aromatic carbocycles. The Morgan fingerprint density at radius 1 is 1.07 bits per heavy atom. The van der Waals surface area contributed by atoms with E-state index in [2.05, 4.69) is 18.5 Å². The number of aromatic hydroxyl groups is 1. The Hall–Kier alpha value is -4.96. The monoisotopic (exact) mass is 611 g/mol. The first kappa shape index (κ1) is 31.5. The summed E-state index contributed by atoms with van der Waals surface area (Å²) in [6.45, 7) is 10.5. The zero-order valence-corrected chi connectivity index (χ0v) is 25.4. The van der Waals surface area contributed by atoms with Crippen molar-refractivity contribution in [2.75, 3.05) is 19.6 Å². The molecule has 0 saturated carbocycles. The molecular weight excluding hydrogens is 573 g/mol. The molecule has 2 fully saturated rings. The number of nitrogens with zero attached hydrogens (tertiary/aromatic N) is 4. The highest BCUT2D eigenvalue weighted by molar-refractivity contribution is 5.91. The molecule has 2 atom stereocenters. The molecule has 0 aliphatic carbocycles. The average Bonchev–Trinajstić information content (AvgIpc) is 3.03. The van der Waals surface area contributed by atoms with E-state index in [1.807, 2.05) is 37.3 Å². The summed E-state index contributed by atoms with van der Waals surface area (Å²) in [6, 6.07) is 19.0. The SMILES string of the molecule is C=Cc1cc(F)ccc1CN1C[C@H]2N(C(=O)CN(CCC(=C)C)N2C(=O)NCc2ccccc2)[C@@H](Cc2ccc(O)cc2)C1=O. The summed E-state index contributed by atoms with van der Waals surface area (Å²) in [5.41, 5.74) is 3.83. The number of fused-ring (bicyclic) bond motifs is 1. The number of carbonyl (C=O) groups excluding carboxylic acids is 3. The molecule has 3 aromatic rings. The van der Waals surface area contributed by atoms with Crippen LogP contribution in [0.3, 0.4) is 0 Å². The molecule has 0 spiro atoms. The van der Waals surface area contributed by atoms with Gasteiger partial charge in [-0.1, -0.05) is 66.8 Å². The predicted molar refractivity (Wildman–Crippen MR) is 170 cm³/mol. The predicted octanol–water partition coefficient (Wildman–Crippen LogP) is 4.69. The molecule has 2 saturated heterocycles. The third-order valence-electron chi connectivity index (χ3n) is 8.18. The Bertz CT molecular complexity index is 1580. The van der Waals surface area contributed by atoms with Crippen molar-refractivity contribution in [3.8, 4) is 5.75 Å². The summed E-state index contributed by atoms with van der Waals surface area (Å²) >= 11 is 0. The number of amides is 4. The van der Waals surface area contributed by atoms with Crippen LogP contribution >= 0.6 is 0 Å². The topological polar surface area (TPSA) is 96.4 Å². The van der Waals surface area contributed by atoms with Gasteiger partial charge < -0.3 is 20.2 Å². The summed E-state index contributed by atoms with van der Waals surface area (Å²) in [7, 11) is 0. The zero-order valence-electron chi connectivity index (χ0n) is 25.4. The molecule has 0 bridgehead atoms. The first-order chi connectivity index (χ1) is 21.6. The summed E-state index contributed by atoms with van der Waals surface area (Å²) in [5, 5.41) is 16.1. The van der Waals surface area contributed by atoms with Gasteiger partial charge in [0, 0.05) is 26.1 Å². The number of halogens is 1. The maximum Gasteiger partial charge on any atom is 0.334 e. The molecule has 2 heterocycles. The van der Waals surface area contributed by atoms with E-state index in [4.69, 9.17) is 0 Å². The van der Waals surface area contributed by atoms with Gasteiger partial charge in [0.05, 0.1) is 13.1 Å². The lowest BCUT2D eigenvalue weighted by Gasteiger charge is -2.55. The Labute approximate surface area is 262 Å². The number of hydrogen-bond acceptors (Lipinski definition) is 5. The van der Waals surface area contributed by atoms with Crippen molar-refractivity contribution < 1.29 is 23.9 Å². The lowest BCUT2D eigenvalue weighted by molar-refractivity contribution is -0.190. The number of piperazine rings is 1. The zero-order chi connectivity index (χ0) is 32.1. The van der Waals surface area contributed by atoms with Gasteiger partial charge in [-0.15, -0.1) is 6.58 Å². The lowest BCUT2D eigenvalue weighted by Crippen LogP contribution is -2.76. The normalized spacial score (nSPS) is 18.5. The van der Waals surface area contributed by atoms with Crippen molar-refractivity contribution >= 4 is 23.9 Å². The molecule has 0 aromatic heterocycles. The van der Waals surface area contributed by atoms with Gasteiger partial charge in [-0.25, -0.2) is 19.2 Å². The minimum atomic E-state index is -0.916. The van der Waals surface area contributed by atoms with E-state index < -0.39 is 24.1 Å². The Morgan fingerprint density at radius 3 is 2.49 bits per heavy atom. The van der Waals surface area contributed by atoms with E-state index in [0.29, 0.717) is 24.1 Å². The number of carbonyl (C=O) groups is 3. The van der Waals surface area contributed by atoms with Crippen molar-refractivity contribution in [2.45, 2.75) is 45.1 Å². The summed E-state index contributed by atoms with van der Waals surface area (Å²) < 4.78 is 14.0. The highest BCUT2D eigenvalue weighted by Crippen LogP contribution is 2.30. The van der Waals surface area contributed by atoms with E-state index >= 15 is 0 Å². The highest BCUT2D eigenvalue weighted by atomic mass is 19.1. The van der Waals surface area contributed by atoms with Gasteiger partial charge in [0.15, 0.2) is 0 Å². The van der Waals surface area contributed by atoms with Crippen LogP contribution in [0.2, 0.25) is 0 Å². The van der Waals surface area contributed by atoms with Gasteiger partial charge in [0.2, 0.25) is 11.8 Å². The number of phenolic OH excluding ortho intramolecular Hbond substituents is 1. The third-order valence-corrected chi connectivity index (χ3v) is 8.18. The van der Waals surface area contributed by atoms with E-state index in [0.717, 1.165) is 16.7 Å². The third kappa shape index (κ3) is 7.24. The van der Waals surface area contributed by atoms with Crippen LogP contribution in [0.5, 0.6) is 5.75 Å².